The van der Waals surface area contributed by atoms with E-state index < -0.39 is 18.2 Å². The predicted octanol–water partition coefficient (Wildman–Crippen LogP) is 9.24. The van der Waals surface area contributed by atoms with E-state index in [1.807, 2.05) is 134 Å². The molecule has 0 bridgehead atoms. The second kappa shape index (κ2) is 18.9. The highest BCUT2D eigenvalue weighted by Crippen LogP contribution is 2.40. The first kappa shape index (κ1) is 40.1. The fraction of sp³-hybridized carbons (Fsp3) is 0.234. The molecule has 7 rings (SSSR count). The van der Waals surface area contributed by atoms with Crippen molar-refractivity contribution >= 4 is 46.3 Å². The van der Waals surface area contributed by atoms with Crippen LogP contribution in [0, 0.1) is 0 Å². The van der Waals surface area contributed by atoms with Gasteiger partial charge >= 0.3 is 12.2 Å². The molecular formula is C47H47N5O7. The van der Waals surface area contributed by atoms with Crippen LogP contribution >= 0.6 is 0 Å². The number of methoxy groups -OCH3 is 1. The SMILES string of the molecule is CCCN(CC(=O)Nc1ccc(-c2[nH]c3ccc(NC(=O)[C@@H]4CCCN4C(=O)OCc4ccccc4)cc3c2-c2cccc(OC)c2)cc1)C(=O)OCc1ccccc1. The van der Waals surface area contributed by atoms with Crippen molar-refractivity contribution in [2.45, 2.75) is 45.4 Å². The number of aromatic amines is 1. The molecule has 1 aromatic heterocycles. The van der Waals surface area contributed by atoms with Crippen LogP contribution < -0.4 is 15.4 Å². The molecule has 59 heavy (non-hydrogen) atoms. The summed E-state index contributed by atoms with van der Waals surface area (Å²) in [6.45, 7) is 2.86. The Bertz CT molecular complexity index is 2400. The van der Waals surface area contributed by atoms with Crippen LogP contribution in [-0.2, 0) is 32.3 Å². The molecular weight excluding hydrogens is 747 g/mol. The molecule has 1 fully saturated rings. The third kappa shape index (κ3) is 9.90. The Balaban J connectivity index is 1.07. The molecule has 0 radical (unpaired) electrons. The lowest BCUT2D eigenvalue weighted by Crippen LogP contribution is -2.43. The highest BCUT2D eigenvalue weighted by molar-refractivity contribution is 6.07. The van der Waals surface area contributed by atoms with Crippen molar-refractivity contribution in [1.29, 1.82) is 0 Å². The van der Waals surface area contributed by atoms with Crippen LogP contribution in [0.5, 0.6) is 5.75 Å². The molecule has 12 heteroatoms. The topological polar surface area (TPSA) is 142 Å². The summed E-state index contributed by atoms with van der Waals surface area (Å²) >= 11 is 0. The van der Waals surface area contributed by atoms with Crippen LogP contribution in [-0.4, -0.2) is 71.6 Å². The molecule has 2 heterocycles. The number of nitrogens with zero attached hydrogens (tertiary/aromatic N) is 2. The lowest BCUT2D eigenvalue weighted by atomic mass is 9.97. The van der Waals surface area contributed by atoms with Gasteiger partial charge in [0.15, 0.2) is 0 Å². The normalized spacial score (nSPS) is 13.5. The number of carbonyl (C=O) groups excluding carboxylic acids is 4. The fourth-order valence-electron chi connectivity index (χ4n) is 7.26. The number of rotatable bonds is 14. The monoisotopic (exact) mass is 793 g/mol. The molecule has 0 aliphatic carbocycles. The smallest absolute Gasteiger partial charge is 0.410 e. The Hall–Kier alpha value is -7.08. The molecule has 0 unspecified atom stereocenters. The number of anilines is 2. The standard InChI is InChI=1S/C47H47N5O7/c1-3-25-51(46(55)58-30-32-12-6-4-7-13-32)29-42(53)48-36-21-19-34(20-22-36)44-43(35-16-10-17-38(27-35)57-2)39-28-37(23-24-40(39)50-44)49-45(54)41-18-11-26-52(41)47(56)59-31-33-14-8-5-9-15-33/h4-10,12-17,19-24,27-28,41,50H,3,11,18,25-26,29-31H2,1-2H3,(H,48,53)(H,49,54)/t41-/m0/s1. The van der Waals surface area contributed by atoms with E-state index >= 15 is 0 Å². The van der Waals surface area contributed by atoms with Gasteiger partial charge in [0.2, 0.25) is 11.8 Å². The number of amides is 4. The van der Waals surface area contributed by atoms with Gasteiger partial charge in [0.1, 0.15) is 31.5 Å². The molecule has 12 nitrogen and oxygen atoms in total. The molecule has 4 amide bonds. The first-order chi connectivity index (χ1) is 28.8. The summed E-state index contributed by atoms with van der Waals surface area (Å²) in [5, 5.41) is 6.83. The van der Waals surface area contributed by atoms with Crippen LogP contribution in [0.1, 0.15) is 37.3 Å². The Labute approximate surface area is 343 Å². The molecule has 0 spiro atoms. The number of nitrogens with one attached hydrogen (secondary N) is 3. The van der Waals surface area contributed by atoms with Gasteiger partial charge in [-0.3, -0.25) is 19.4 Å². The first-order valence-corrected chi connectivity index (χ1v) is 19.7. The average Bonchev–Trinajstić information content (AvgIpc) is 3.92. The first-order valence-electron chi connectivity index (χ1n) is 19.7. The molecule has 3 N–H and O–H groups in total. The van der Waals surface area contributed by atoms with Crippen LogP contribution in [0.4, 0.5) is 21.0 Å². The van der Waals surface area contributed by atoms with Gasteiger partial charge in [0.05, 0.1) is 12.8 Å². The van der Waals surface area contributed by atoms with Crippen molar-refractivity contribution in [3.63, 3.8) is 0 Å². The van der Waals surface area contributed by atoms with Gasteiger partial charge in [-0.05, 0) is 84.0 Å². The van der Waals surface area contributed by atoms with Crippen molar-refractivity contribution in [3.8, 4) is 28.1 Å². The number of H-pyrrole nitrogens is 1. The molecule has 1 saturated heterocycles. The van der Waals surface area contributed by atoms with Crippen LogP contribution in [0.25, 0.3) is 33.3 Å². The summed E-state index contributed by atoms with van der Waals surface area (Å²) < 4.78 is 16.6. The molecule has 1 aliphatic heterocycles. The quantitative estimate of drug-likeness (QED) is 0.0998. The number of hydrogen-bond acceptors (Lipinski definition) is 7. The van der Waals surface area contributed by atoms with Crippen molar-refractivity contribution in [1.82, 2.24) is 14.8 Å². The number of benzene rings is 5. The Morgan fingerprint density at radius 2 is 1.46 bits per heavy atom. The lowest BCUT2D eigenvalue weighted by molar-refractivity contribution is -0.120. The minimum Gasteiger partial charge on any atom is -0.497 e. The zero-order valence-corrected chi connectivity index (χ0v) is 33.1. The second-order valence-electron chi connectivity index (χ2n) is 14.3. The zero-order valence-electron chi connectivity index (χ0n) is 33.1. The van der Waals surface area contributed by atoms with Gasteiger partial charge in [-0.2, -0.15) is 0 Å². The maximum atomic E-state index is 13.7. The summed E-state index contributed by atoms with van der Waals surface area (Å²) in [5.74, 6) is 0.0634. The van der Waals surface area contributed by atoms with E-state index in [2.05, 4.69) is 15.6 Å². The van der Waals surface area contributed by atoms with E-state index in [1.165, 1.54) is 9.80 Å². The van der Waals surface area contributed by atoms with E-state index in [-0.39, 0.29) is 31.6 Å². The van der Waals surface area contributed by atoms with Crippen LogP contribution in [0.2, 0.25) is 0 Å². The van der Waals surface area contributed by atoms with Crippen molar-refractivity contribution in [2.24, 2.45) is 0 Å². The van der Waals surface area contributed by atoms with Crippen molar-refractivity contribution < 1.29 is 33.4 Å². The van der Waals surface area contributed by atoms with Gasteiger partial charge < -0.3 is 29.8 Å². The van der Waals surface area contributed by atoms with Gasteiger partial charge in [0.25, 0.3) is 0 Å². The minimum atomic E-state index is -0.657. The largest absolute Gasteiger partial charge is 0.497 e. The average molecular weight is 794 g/mol. The number of hydrogen-bond donors (Lipinski definition) is 3. The summed E-state index contributed by atoms with van der Waals surface area (Å²) in [6, 6.07) is 39.1. The second-order valence-corrected chi connectivity index (χ2v) is 14.3. The Morgan fingerprint density at radius 1 is 0.763 bits per heavy atom. The molecule has 302 valence electrons. The summed E-state index contributed by atoms with van der Waals surface area (Å²) in [4.78, 5) is 59.2. The van der Waals surface area contributed by atoms with Gasteiger partial charge in [0, 0.05) is 40.9 Å². The zero-order chi connectivity index (χ0) is 41.1. The number of fused-ring (bicyclic) bond motifs is 1. The third-order valence-corrected chi connectivity index (χ3v) is 10.2. The summed E-state index contributed by atoms with van der Waals surface area (Å²) in [5.41, 5.74) is 7.21. The van der Waals surface area contributed by atoms with Gasteiger partial charge in [-0.25, -0.2) is 9.59 Å². The summed E-state index contributed by atoms with van der Waals surface area (Å²) in [6.07, 6.45) is 0.838. The predicted molar refractivity (Wildman–Crippen MR) is 228 cm³/mol. The Kier molecular flexibility index (Phi) is 12.9. The highest BCUT2D eigenvalue weighted by Gasteiger charge is 2.35. The highest BCUT2D eigenvalue weighted by atomic mass is 16.6. The van der Waals surface area contributed by atoms with Gasteiger partial charge in [-0.15, -0.1) is 0 Å². The molecule has 1 atom stereocenters. The number of likely N-dealkylation sites (tertiary alicyclic amines) is 1. The molecule has 1 aliphatic rings. The van der Waals surface area contributed by atoms with Gasteiger partial charge in [-0.1, -0.05) is 91.9 Å². The Morgan fingerprint density at radius 3 is 2.15 bits per heavy atom. The maximum Gasteiger partial charge on any atom is 0.410 e. The molecule has 5 aromatic carbocycles. The van der Waals surface area contributed by atoms with E-state index in [0.717, 1.165) is 44.4 Å². The van der Waals surface area contributed by atoms with Crippen LogP contribution in [0.15, 0.2) is 127 Å². The number of carbonyl (C=O) groups is 4. The lowest BCUT2D eigenvalue weighted by Gasteiger charge is -2.23. The van der Waals surface area contributed by atoms with E-state index in [0.29, 0.717) is 49.5 Å². The fourth-order valence-corrected chi connectivity index (χ4v) is 7.26. The van der Waals surface area contributed by atoms with E-state index in [9.17, 15) is 19.2 Å². The number of aromatic nitrogens is 1. The van der Waals surface area contributed by atoms with Crippen molar-refractivity contribution in [3.05, 3.63) is 139 Å². The summed E-state index contributed by atoms with van der Waals surface area (Å²) in [7, 11) is 1.62. The molecule has 6 aromatic rings. The molecule has 0 saturated carbocycles. The minimum absolute atomic E-state index is 0.123. The van der Waals surface area contributed by atoms with Crippen molar-refractivity contribution in [2.75, 3.05) is 37.4 Å². The van der Waals surface area contributed by atoms with Crippen LogP contribution in [0.3, 0.4) is 0 Å². The third-order valence-electron chi connectivity index (χ3n) is 10.2. The van der Waals surface area contributed by atoms with E-state index in [4.69, 9.17) is 14.2 Å². The number of ether oxygens (including phenoxy) is 3. The van der Waals surface area contributed by atoms with E-state index in [1.54, 1.807) is 7.11 Å². The maximum absolute atomic E-state index is 13.7.